The summed E-state index contributed by atoms with van der Waals surface area (Å²) in [5, 5.41) is 0. The lowest BCUT2D eigenvalue weighted by Crippen LogP contribution is -2.13. The zero-order chi connectivity index (χ0) is 11.0. The summed E-state index contributed by atoms with van der Waals surface area (Å²) >= 11 is 2.18. The Morgan fingerprint density at radius 1 is 1.53 bits per heavy atom. The molecular weight excluding hydrogens is 305 g/mol. The number of nitrogens with zero attached hydrogens (tertiary/aromatic N) is 4. The second kappa shape index (κ2) is 3.93. The number of imidazole rings is 1. The van der Waals surface area contributed by atoms with Crippen molar-refractivity contribution in [2.75, 3.05) is 19.8 Å². The van der Waals surface area contributed by atoms with Gasteiger partial charge in [0.25, 0.3) is 0 Å². The summed E-state index contributed by atoms with van der Waals surface area (Å²) < 4.78 is 2.89. The summed E-state index contributed by atoms with van der Waals surface area (Å²) in [6.45, 7) is 0.785. The summed E-state index contributed by atoms with van der Waals surface area (Å²) in [5.41, 5.74) is 6.71. The lowest BCUT2D eigenvalue weighted by molar-refractivity contribution is 0.389. The Kier molecular flexibility index (Phi) is 2.79. The lowest BCUT2D eigenvalue weighted by Gasteiger charge is -2.08. The predicted octanol–water partition coefficient (Wildman–Crippen LogP) is 0.978. The molecule has 80 valence electrons. The quantitative estimate of drug-likeness (QED) is 0.839. The molecule has 0 saturated heterocycles. The van der Waals surface area contributed by atoms with Crippen LogP contribution in [0.1, 0.15) is 5.82 Å². The van der Waals surface area contributed by atoms with Gasteiger partial charge in [0.1, 0.15) is 15.0 Å². The van der Waals surface area contributed by atoms with Crippen LogP contribution in [0.4, 0.5) is 5.82 Å². The Labute approximate surface area is 101 Å². The maximum atomic E-state index is 5.81. The Balaban J connectivity index is 2.63. The molecule has 0 fully saturated rings. The van der Waals surface area contributed by atoms with Crippen LogP contribution in [-0.4, -0.2) is 33.4 Å². The van der Waals surface area contributed by atoms with Crippen LogP contribution in [0.15, 0.2) is 12.4 Å². The summed E-state index contributed by atoms with van der Waals surface area (Å²) in [6.07, 6.45) is 3.58. The molecular formula is C9H12IN5. The van der Waals surface area contributed by atoms with Crippen molar-refractivity contribution in [2.45, 2.75) is 6.54 Å². The maximum Gasteiger partial charge on any atom is 0.150 e. The number of hydrogen-bond acceptors (Lipinski definition) is 4. The molecule has 0 saturated carbocycles. The minimum Gasteiger partial charge on any atom is -0.382 e. The molecule has 0 amide bonds. The number of nitrogens with two attached hydrogens (primary N) is 1. The largest absolute Gasteiger partial charge is 0.382 e. The van der Waals surface area contributed by atoms with Gasteiger partial charge in [0.15, 0.2) is 5.82 Å². The Morgan fingerprint density at radius 2 is 2.27 bits per heavy atom. The van der Waals surface area contributed by atoms with Gasteiger partial charge in [0, 0.05) is 12.4 Å². The van der Waals surface area contributed by atoms with Gasteiger partial charge in [0.05, 0.1) is 6.54 Å². The number of nitrogen functional groups attached to an aromatic ring is 1. The van der Waals surface area contributed by atoms with E-state index in [1.165, 1.54) is 0 Å². The van der Waals surface area contributed by atoms with E-state index < -0.39 is 0 Å². The third kappa shape index (κ3) is 1.91. The van der Waals surface area contributed by atoms with E-state index in [2.05, 4.69) is 37.5 Å². The van der Waals surface area contributed by atoms with Gasteiger partial charge in [-0.2, -0.15) is 0 Å². The first kappa shape index (κ1) is 10.6. The van der Waals surface area contributed by atoms with Crippen LogP contribution in [0, 0.1) is 3.70 Å². The first-order chi connectivity index (χ1) is 7.09. The SMILES string of the molecule is CN(C)Cc1nc(I)c2c(N)nccn12. The number of halogens is 1. The summed E-state index contributed by atoms with van der Waals surface area (Å²) in [6, 6.07) is 0. The topological polar surface area (TPSA) is 59.5 Å². The van der Waals surface area contributed by atoms with Crippen molar-refractivity contribution in [2.24, 2.45) is 0 Å². The van der Waals surface area contributed by atoms with Gasteiger partial charge >= 0.3 is 0 Å². The molecule has 0 radical (unpaired) electrons. The van der Waals surface area contributed by atoms with E-state index in [0.29, 0.717) is 5.82 Å². The van der Waals surface area contributed by atoms with Crippen molar-refractivity contribution in [3.63, 3.8) is 0 Å². The Bertz CT molecular complexity index is 490. The molecule has 2 heterocycles. The molecule has 2 aromatic heterocycles. The van der Waals surface area contributed by atoms with Gasteiger partial charge in [-0.25, -0.2) is 9.97 Å². The van der Waals surface area contributed by atoms with Crippen molar-refractivity contribution in [1.29, 1.82) is 0 Å². The van der Waals surface area contributed by atoms with Gasteiger partial charge in [-0.3, -0.25) is 4.40 Å². The van der Waals surface area contributed by atoms with Crippen LogP contribution >= 0.6 is 22.6 Å². The average molecular weight is 317 g/mol. The molecule has 15 heavy (non-hydrogen) atoms. The van der Waals surface area contributed by atoms with Gasteiger partial charge in [-0.05, 0) is 36.7 Å². The van der Waals surface area contributed by atoms with Crippen LogP contribution < -0.4 is 5.73 Å². The lowest BCUT2D eigenvalue weighted by atomic mass is 10.5. The fourth-order valence-corrected chi connectivity index (χ4v) is 2.29. The molecule has 0 aliphatic rings. The minimum absolute atomic E-state index is 0.527. The second-order valence-corrected chi connectivity index (χ2v) is 4.61. The van der Waals surface area contributed by atoms with Crippen LogP contribution in [-0.2, 0) is 6.54 Å². The summed E-state index contributed by atoms with van der Waals surface area (Å²) in [4.78, 5) is 10.6. The predicted molar refractivity (Wildman–Crippen MR) is 67.5 cm³/mol. The van der Waals surface area contributed by atoms with Crippen molar-refractivity contribution >= 4 is 33.9 Å². The molecule has 0 unspecified atom stereocenters. The fraction of sp³-hybridized carbons (Fsp3) is 0.333. The highest BCUT2D eigenvalue weighted by Crippen LogP contribution is 2.19. The number of hydrogen-bond donors (Lipinski definition) is 1. The van der Waals surface area contributed by atoms with E-state index >= 15 is 0 Å². The fourth-order valence-electron chi connectivity index (χ4n) is 1.47. The first-order valence-electron chi connectivity index (χ1n) is 4.51. The smallest absolute Gasteiger partial charge is 0.150 e. The number of aromatic nitrogens is 3. The van der Waals surface area contributed by atoms with Crippen LogP contribution in [0.5, 0.6) is 0 Å². The molecule has 5 nitrogen and oxygen atoms in total. The molecule has 2 N–H and O–H groups in total. The van der Waals surface area contributed by atoms with Crippen molar-refractivity contribution in [3.05, 3.63) is 21.9 Å². The highest BCUT2D eigenvalue weighted by atomic mass is 127. The minimum atomic E-state index is 0.527. The third-order valence-electron chi connectivity index (χ3n) is 2.07. The number of rotatable bonds is 2. The number of fused-ring (bicyclic) bond motifs is 1. The van der Waals surface area contributed by atoms with E-state index in [1.54, 1.807) is 6.20 Å². The molecule has 0 spiro atoms. The number of anilines is 1. The van der Waals surface area contributed by atoms with Gasteiger partial charge in [-0.15, -0.1) is 0 Å². The summed E-state index contributed by atoms with van der Waals surface area (Å²) in [7, 11) is 4.02. The molecule has 0 aliphatic heterocycles. The normalized spacial score (nSPS) is 11.5. The van der Waals surface area contributed by atoms with Crippen LogP contribution in [0.2, 0.25) is 0 Å². The van der Waals surface area contributed by atoms with Crippen LogP contribution in [0.3, 0.4) is 0 Å². The maximum absolute atomic E-state index is 5.81. The first-order valence-corrected chi connectivity index (χ1v) is 5.59. The van der Waals surface area contributed by atoms with E-state index in [0.717, 1.165) is 21.6 Å². The highest BCUT2D eigenvalue weighted by molar-refractivity contribution is 14.1. The monoisotopic (exact) mass is 317 g/mol. The summed E-state index contributed by atoms with van der Waals surface area (Å²) in [5.74, 6) is 1.51. The standard InChI is InChI=1S/C9H12IN5/c1-14(2)5-6-13-8(10)7-9(11)12-3-4-15(6)7/h3-4H,5H2,1-2H3,(H2,11,12). The van der Waals surface area contributed by atoms with Crippen LogP contribution in [0.25, 0.3) is 5.52 Å². The van der Waals surface area contributed by atoms with Crippen molar-refractivity contribution in [3.8, 4) is 0 Å². The van der Waals surface area contributed by atoms with Gasteiger partial charge in [-0.1, -0.05) is 0 Å². The van der Waals surface area contributed by atoms with E-state index in [4.69, 9.17) is 5.73 Å². The van der Waals surface area contributed by atoms with E-state index in [-0.39, 0.29) is 0 Å². The van der Waals surface area contributed by atoms with Crippen molar-refractivity contribution < 1.29 is 0 Å². The molecule has 6 heteroatoms. The molecule has 0 bridgehead atoms. The molecule has 0 aromatic carbocycles. The van der Waals surface area contributed by atoms with Gasteiger partial charge < -0.3 is 10.6 Å². The zero-order valence-corrected chi connectivity index (χ0v) is 10.8. The van der Waals surface area contributed by atoms with Crippen molar-refractivity contribution in [1.82, 2.24) is 19.3 Å². The second-order valence-electron chi connectivity index (χ2n) is 3.59. The average Bonchev–Trinajstić information content (AvgIpc) is 2.44. The highest BCUT2D eigenvalue weighted by Gasteiger charge is 2.12. The molecule has 2 aromatic rings. The molecule has 0 atom stereocenters. The van der Waals surface area contributed by atoms with E-state index in [9.17, 15) is 0 Å². The third-order valence-corrected chi connectivity index (χ3v) is 2.82. The van der Waals surface area contributed by atoms with E-state index in [1.807, 2.05) is 24.7 Å². The zero-order valence-electron chi connectivity index (χ0n) is 8.61. The Hall–Kier alpha value is -0.890. The van der Waals surface area contributed by atoms with Gasteiger partial charge in [0.2, 0.25) is 0 Å². The molecule has 0 aliphatic carbocycles. The molecule has 2 rings (SSSR count). The Morgan fingerprint density at radius 3 is 2.93 bits per heavy atom.